The van der Waals surface area contributed by atoms with Crippen molar-refractivity contribution in [2.75, 3.05) is 26.7 Å². The van der Waals surface area contributed by atoms with E-state index in [1.807, 2.05) is 19.2 Å². The number of benzene rings is 1. The molecule has 1 aliphatic rings. The zero-order valence-corrected chi connectivity index (χ0v) is 12.6. The maximum Gasteiger partial charge on any atom is 0.273 e. The Morgan fingerprint density at radius 2 is 2.00 bits per heavy atom. The second kappa shape index (κ2) is 8.19. The largest absolute Gasteiger partial charge is 0.319 e. The Morgan fingerprint density at radius 3 is 2.60 bits per heavy atom. The Balaban J connectivity index is 0.00000200. The van der Waals surface area contributed by atoms with Crippen molar-refractivity contribution in [3.63, 3.8) is 0 Å². The molecule has 6 heteroatoms. The second-order valence-electron chi connectivity index (χ2n) is 5.16. The highest BCUT2D eigenvalue weighted by atomic mass is 35.5. The van der Waals surface area contributed by atoms with Gasteiger partial charge in [-0.1, -0.05) is 18.2 Å². The number of likely N-dealkylation sites (tertiary alicyclic amines) is 1. The molecule has 1 fully saturated rings. The molecule has 0 atom stereocenters. The van der Waals surface area contributed by atoms with Gasteiger partial charge in [0.2, 0.25) is 0 Å². The summed E-state index contributed by atoms with van der Waals surface area (Å²) < 4.78 is 0. The molecule has 1 aromatic carbocycles. The van der Waals surface area contributed by atoms with Gasteiger partial charge in [0.05, 0.1) is 4.92 Å². The molecule has 5 nitrogen and oxygen atoms in total. The molecule has 112 valence electrons. The van der Waals surface area contributed by atoms with Crippen LogP contribution in [0, 0.1) is 16.0 Å². The quantitative estimate of drug-likeness (QED) is 0.670. The van der Waals surface area contributed by atoms with Gasteiger partial charge in [0.25, 0.3) is 5.69 Å². The molecule has 0 bridgehead atoms. The van der Waals surface area contributed by atoms with Gasteiger partial charge in [0.1, 0.15) is 0 Å². The number of hydrogen-bond acceptors (Lipinski definition) is 4. The summed E-state index contributed by atoms with van der Waals surface area (Å²) in [4.78, 5) is 13.0. The zero-order valence-electron chi connectivity index (χ0n) is 11.7. The van der Waals surface area contributed by atoms with Crippen LogP contribution in [0.5, 0.6) is 0 Å². The highest BCUT2D eigenvalue weighted by molar-refractivity contribution is 5.85. The van der Waals surface area contributed by atoms with E-state index in [-0.39, 0.29) is 23.0 Å². The number of piperidine rings is 1. The van der Waals surface area contributed by atoms with Crippen LogP contribution in [0.25, 0.3) is 0 Å². The average molecular weight is 300 g/mol. The van der Waals surface area contributed by atoms with E-state index in [9.17, 15) is 10.1 Å². The van der Waals surface area contributed by atoms with Crippen LogP contribution in [0.15, 0.2) is 24.3 Å². The number of hydrogen-bond donors (Lipinski definition) is 1. The van der Waals surface area contributed by atoms with E-state index in [4.69, 9.17) is 0 Å². The van der Waals surface area contributed by atoms with Crippen LogP contribution < -0.4 is 5.32 Å². The minimum Gasteiger partial charge on any atom is -0.319 e. The molecule has 1 saturated heterocycles. The molecule has 0 spiro atoms. The van der Waals surface area contributed by atoms with Crippen molar-refractivity contribution in [3.8, 4) is 0 Å². The smallest absolute Gasteiger partial charge is 0.273 e. The fourth-order valence-corrected chi connectivity index (χ4v) is 2.70. The van der Waals surface area contributed by atoms with Crippen molar-refractivity contribution in [1.82, 2.24) is 10.2 Å². The third-order valence-electron chi connectivity index (χ3n) is 3.78. The normalized spacial score (nSPS) is 16.6. The van der Waals surface area contributed by atoms with E-state index in [0.717, 1.165) is 31.1 Å². The lowest BCUT2D eigenvalue weighted by atomic mass is 9.96. The summed E-state index contributed by atoms with van der Waals surface area (Å²) in [5.41, 5.74) is 1.06. The Kier molecular flexibility index (Phi) is 6.91. The zero-order chi connectivity index (χ0) is 13.7. The van der Waals surface area contributed by atoms with Gasteiger partial charge < -0.3 is 5.32 Å². The first-order chi connectivity index (χ1) is 9.20. The van der Waals surface area contributed by atoms with E-state index < -0.39 is 0 Å². The summed E-state index contributed by atoms with van der Waals surface area (Å²) in [6.07, 6.45) is 2.34. The van der Waals surface area contributed by atoms with Gasteiger partial charge in [0, 0.05) is 18.2 Å². The van der Waals surface area contributed by atoms with E-state index in [1.54, 1.807) is 12.1 Å². The standard InChI is InChI=1S/C14H21N3O2.ClH/c1-15-10-12-6-8-16(9-7-12)11-13-4-2-3-5-14(13)17(18)19;/h2-5,12,15H,6-11H2,1H3;1H. The molecule has 0 amide bonds. The fraction of sp³-hybridized carbons (Fsp3) is 0.571. The van der Waals surface area contributed by atoms with Crippen molar-refractivity contribution < 1.29 is 4.92 Å². The highest BCUT2D eigenvalue weighted by Gasteiger charge is 2.21. The van der Waals surface area contributed by atoms with E-state index in [0.29, 0.717) is 6.54 Å². The van der Waals surface area contributed by atoms with Crippen molar-refractivity contribution in [3.05, 3.63) is 39.9 Å². The minimum absolute atomic E-state index is 0. The molecule has 1 aromatic rings. The Hall–Kier alpha value is -1.17. The Morgan fingerprint density at radius 1 is 1.35 bits per heavy atom. The van der Waals surface area contributed by atoms with Crippen molar-refractivity contribution >= 4 is 18.1 Å². The lowest BCUT2D eigenvalue weighted by molar-refractivity contribution is -0.385. The summed E-state index contributed by atoms with van der Waals surface area (Å²) in [7, 11) is 1.99. The molecule has 2 rings (SSSR count). The number of halogens is 1. The van der Waals surface area contributed by atoms with Crippen LogP contribution in [-0.4, -0.2) is 36.5 Å². The first-order valence-corrected chi connectivity index (χ1v) is 6.80. The number of para-hydroxylation sites is 1. The molecule has 1 aliphatic heterocycles. The minimum atomic E-state index is -0.289. The summed E-state index contributed by atoms with van der Waals surface area (Å²) in [6.45, 7) is 3.81. The molecular weight excluding hydrogens is 278 g/mol. The number of nitrogens with one attached hydrogen (secondary N) is 1. The summed E-state index contributed by atoms with van der Waals surface area (Å²) in [5.74, 6) is 0.743. The predicted molar refractivity (Wildman–Crippen MR) is 82.3 cm³/mol. The van der Waals surface area contributed by atoms with Gasteiger partial charge in [-0.2, -0.15) is 0 Å². The molecule has 0 saturated carbocycles. The van der Waals surface area contributed by atoms with Gasteiger partial charge in [-0.3, -0.25) is 15.0 Å². The summed E-state index contributed by atoms with van der Waals surface area (Å²) in [5, 5.41) is 14.2. The lowest BCUT2D eigenvalue weighted by Crippen LogP contribution is -2.36. The molecule has 1 heterocycles. The van der Waals surface area contributed by atoms with Gasteiger partial charge in [-0.05, 0) is 45.4 Å². The molecule has 0 unspecified atom stereocenters. The van der Waals surface area contributed by atoms with Crippen LogP contribution in [0.2, 0.25) is 0 Å². The van der Waals surface area contributed by atoms with E-state index >= 15 is 0 Å². The fourth-order valence-electron chi connectivity index (χ4n) is 2.70. The maximum absolute atomic E-state index is 11.0. The molecular formula is C14H22ClN3O2. The predicted octanol–water partition coefficient (Wildman–Crippen LogP) is 2.45. The number of nitro groups is 1. The van der Waals surface area contributed by atoms with E-state index in [1.165, 1.54) is 12.8 Å². The van der Waals surface area contributed by atoms with Crippen LogP contribution in [0.1, 0.15) is 18.4 Å². The first kappa shape index (κ1) is 16.9. The lowest BCUT2D eigenvalue weighted by Gasteiger charge is -2.31. The summed E-state index contributed by atoms with van der Waals surface area (Å²) >= 11 is 0. The summed E-state index contributed by atoms with van der Waals surface area (Å²) in [6, 6.07) is 7.04. The van der Waals surface area contributed by atoms with Crippen molar-refractivity contribution in [2.45, 2.75) is 19.4 Å². The monoisotopic (exact) mass is 299 g/mol. The number of rotatable bonds is 5. The molecule has 0 radical (unpaired) electrons. The van der Waals surface area contributed by atoms with Gasteiger partial charge in [-0.25, -0.2) is 0 Å². The van der Waals surface area contributed by atoms with Crippen molar-refractivity contribution in [1.29, 1.82) is 0 Å². The molecule has 0 aromatic heterocycles. The van der Waals surface area contributed by atoms with Crippen LogP contribution >= 0.6 is 12.4 Å². The number of nitro benzene ring substituents is 1. The number of nitrogens with zero attached hydrogens (tertiary/aromatic N) is 2. The Labute approximate surface area is 125 Å². The topological polar surface area (TPSA) is 58.4 Å². The molecule has 1 N–H and O–H groups in total. The SMILES string of the molecule is CNCC1CCN(Cc2ccccc2[N+](=O)[O-])CC1.Cl. The van der Waals surface area contributed by atoms with Crippen LogP contribution in [0.4, 0.5) is 5.69 Å². The van der Waals surface area contributed by atoms with Crippen LogP contribution in [0.3, 0.4) is 0 Å². The van der Waals surface area contributed by atoms with Gasteiger partial charge >= 0.3 is 0 Å². The Bertz CT molecular complexity index is 434. The third-order valence-corrected chi connectivity index (χ3v) is 3.78. The molecule has 0 aliphatic carbocycles. The van der Waals surface area contributed by atoms with E-state index in [2.05, 4.69) is 10.2 Å². The molecule has 20 heavy (non-hydrogen) atoms. The van der Waals surface area contributed by atoms with Gasteiger partial charge in [0.15, 0.2) is 0 Å². The average Bonchev–Trinajstić information content (AvgIpc) is 2.42. The highest BCUT2D eigenvalue weighted by Crippen LogP contribution is 2.23. The second-order valence-corrected chi connectivity index (χ2v) is 5.16. The van der Waals surface area contributed by atoms with Crippen molar-refractivity contribution in [2.24, 2.45) is 5.92 Å². The van der Waals surface area contributed by atoms with Crippen LogP contribution in [-0.2, 0) is 6.54 Å². The van der Waals surface area contributed by atoms with Gasteiger partial charge in [-0.15, -0.1) is 12.4 Å². The maximum atomic E-state index is 11.0. The first-order valence-electron chi connectivity index (χ1n) is 6.80. The third kappa shape index (κ3) is 4.44.